The van der Waals surface area contributed by atoms with E-state index in [-0.39, 0.29) is 24.0 Å². The molecule has 0 radical (unpaired) electrons. The van der Waals surface area contributed by atoms with Crippen LogP contribution in [0.1, 0.15) is 37.6 Å². The highest BCUT2D eigenvalue weighted by atomic mass is 127. The summed E-state index contributed by atoms with van der Waals surface area (Å²) in [7, 11) is 1.81. The van der Waals surface area contributed by atoms with Gasteiger partial charge in [-0.15, -0.1) is 24.0 Å². The van der Waals surface area contributed by atoms with Crippen LogP contribution in [0.2, 0.25) is 0 Å². The van der Waals surface area contributed by atoms with E-state index >= 15 is 0 Å². The number of aromatic nitrogens is 4. The van der Waals surface area contributed by atoms with Crippen molar-refractivity contribution in [1.82, 2.24) is 30.0 Å². The van der Waals surface area contributed by atoms with Crippen molar-refractivity contribution < 1.29 is 0 Å². The van der Waals surface area contributed by atoms with Gasteiger partial charge in [-0.1, -0.05) is 0 Å². The minimum Gasteiger partial charge on any atom is -0.355 e. The van der Waals surface area contributed by atoms with Crippen LogP contribution in [0.5, 0.6) is 0 Å². The zero-order valence-corrected chi connectivity index (χ0v) is 17.5. The lowest BCUT2D eigenvalue weighted by molar-refractivity contribution is 0.498. The topological polar surface area (TPSA) is 72.1 Å². The highest BCUT2D eigenvalue weighted by molar-refractivity contribution is 14.0. The third-order valence-electron chi connectivity index (χ3n) is 4.41. The smallest absolute Gasteiger partial charge is 0.191 e. The van der Waals surface area contributed by atoms with Crippen molar-refractivity contribution in [2.24, 2.45) is 4.99 Å². The lowest BCUT2D eigenvalue weighted by atomic mass is 9.94. The second-order valence-electron chi connectivity index (χ2n) is 6.56. The molecule has 7 nitrogen and oxygen atoms in total. The lowest BCUT2D eigenvalue weighted by Gasteiger charge is -2.24. The van der Waals surface area contributed by atoms with Gasteiger partial charge >= 0.3 is 0 Å². The summed E-state index contributed by atoms with van der Waals surface area (Å²) in [4.78, 5) is 8.38. The van der Waals surface area contributed by atoms with Gasteiger partial charge in [-0.05, 0) is 32.3 Å². The molecule has 2 aromatic rings. The Bertz CT molecular complexity index is 675. The first-order valence-corrected chi connectivity index (χ1v) is 8.65. The third kappa shape index (κ3) is 5.20. The fourth-order valence-electron chi connectivity index (χ4n) is 3.01. The van der Waals surface area contributed by atoms with Gasteiger partial charge in [0, 0.05) is 57.2 Å². The summed E-state index contributed by atoms with van der Waals surface area (Å²) in [6.45, 7) is 6.02. The van der Waals surface area contributed by atoms with E-state index in [9.17, 15) is 0 Å². The maximum atomic E-state index is 4.74. The van der Waals surface area contributed by atoms with Crippen molar-refractivity contribution in [3.63, 3.8) is 0 Å². The van der Waals surface area contributed by atoms with Gasteiger partial charge < -0.3 is 15.2 Å². The second-order valence-corrected chi connectivity index (χ2v) is 6.56. The van der Waals surface area contributed by atoms with E-state index in [4.69, 9.17) is 5.10 Å². The van der Waals surface area contributed by atoms with Crippen LogP contribution in [0, 0.1) is 0 Å². The van der Waals surface area contributed by atoms with Gasteiger partial charge in [0.2, 0.25) is 0 Å². The molecule has 3 rings (SSSR count). The number of aliphatic imine (C=N–C) groups is 1. The van der Waals surface area contributed by atoms with Gasteiger partial charge in [0.15, 0.2) is 5.96 Å². The molecule has 0 aromatic carbocycles. The Kier molecular flexibility index (Phi) is 7.27. The van der Waals surface area contributed by atoms with Crippen LogP contribution < -0.4 is 10.6 Å². The number of aryl methyl sites for hydroxylation is 1. The fraction of sp³-hybridized carbons (Fsp3) is 0.588. The molecule has 1 atom stereocenters. The minimum atomic E-state index is 0. The van der Waals surface area contributed by atoms with Crippen molar-refractivity contribution >= 4 is 29.9 Å². The molecule has 1 unspecified atom stereocenters. The Hall–Kier alpha value is -1.58. The molecule has 0 amide bonds. The first kappa shape index (κ1) is 19.7. The van der Waals surface area contributed by atoms with Crippen molar-refractivity contribution in [2.45, 2.75) is 51.7 Å². The number of nitrogens with zero attached hydrogens (tertiary/aromatic N) is 5. The Balaban J connectivity index is 0.00000225. The van der Waals surface area contributed by atoms with Crippen LogP contribution in [-0.2, 0) is 19.4 Å². The summed E-state index contributed by atoms with van der Waals surface area (Å²) in [6, 6.07) is 0.798. The quantitative estimate of drug-likeness (QED) is 0.410. The van der Waals surface area contributed by atoms with Gasteiger partial charge in [0.25, 0.3) is 0 Å². The maximum absolute atomic E-state index is 4.74. The Morgan fingerprint density at radius 3 is 2.96 bits per heavy atom. The largest absolute Gasteiger partial charge is 0.355 e. The predicted molar refractivity (Wildman–Crippen MR) is 111 cm³/mol. The van der Waals surface area contributed by atoms with E-state index in [0.717, 1.165) is 38.3 Å². The molecule has 0 saturated heterocycles. The van der Waals surface area contributed by atoms with Crippen molar-refractivity contribution in [2.75, 3.05) is 13.6 Å². The van der Waals surface area contributed by atoms with E-state index in [1.54, 1.807) is 6.20 Å². The van der Waals surface area contributed by atoms with E-state index in [1.807, 2.05) is 24.1 Å². The lowest BCUT2D eigenvalue weighted by Crippen LogP contribution is -2.46. The SMILES string of the molecule is CN=C(NCCn1ccnc1)NC1CCc2cn(C(C)C)nc2C1.I. The van der Waals surface area contributed by atoms with E-state index in [1.165, 1.54) is 11.3 Å². The van der Waals surface area contributed by atoms with Crippen LogP contribution in [-0.4, -0.2) is 44.9 Å². The summed E-state index contributed by atoms with van der Waals surface area (Å²) in [6.07, 6.45) is 10.9. The average Bonchev–Trinajstić information content (AvgIpc) is 3.22. The van der Waals surface area contributed by atoms with Gasteiger partial charge in [0.05, 0.1) is 12.0 Å². The van der Waals surface area contributed by atoms with Gasteiger partial charge in [-0.2, -0.15) is 5.10 Å². The van der Waals surface area contributed by atoms with Crippen LogP contribution >= 0.6 is 24.0 Å². The number of hydrogen-bond donors (Lipinski definition) is 2. The van der Waals surface area contributed by atoms with Crippen molar-refractivity contribution in [3.8, 4) is 0 Å². The molecule has 0 bridgehead atoms. The summed E-state index contributed by atoms with van der Waals surface area (Å²) < 4.78 is 4.12. The molecule has 0 aliphatic heterocycles. The normalized spacial score (nSPS) is 17.1. The molecule has 1 aliphatic rings. The standard InChI is InChI=1S/C17H27N7.HI/c1-13(2)24-11-14-4-5-15(10-16(14)22-24)21-17(18-3)20-7-9-23-8-6-19-12-23;/h6,8,11-13,15H,4-5,7,9-10H2,1-3H3,(H2,18,20,21);1H. The molecule has 8 heteroatoms. The number of halogens is 1. The fourth-order valence-corrected chi connectivity index (χ4v) is 3.01. The van der Waals surface area contributed by atoms with Crippen LogP contribution in [0.3, 0.4) is 0 Å². The van der Waals surface area contributed by atoms with Gasteiger partial charge in [-0.3, -0.25) is 9.67 Å². The van der Waals surface area contributed by atoms with Gasteiger partial charge in [0.1, 0.15) is 0 Å². The average molecular weight is 457 g/mol. The predicted octanol–water partition coefficient (Wildman–Crippen LogP) is 2.00. The molecule has 25 heavy (non-hydrogen) atoms. The third-order valence-corrected chi connectivity index (χ3v) is 4.41. The first-order valence-electron chi connectivity index (χ1n) is 8.65. The summed E-state index contributed by atoms with van der Waals surface area (Å²) in [5.41, 5.74) is 2.62. The van der Waals surface area contributed by atoms with Crippen LogP contribution in [0.15, 0.2) is 29.9 Å². The van der Waals surface area contributed by atoms with E-state index in [0.29, 0.717) is 12.1 Å². The highest BCUT2D eigenvalue weighted by Crippen LogP contribution is 2.21. The molecule has 0 fully saturated rings. The summed E-state index contributed by atoms with van der Waals surface area (Å²) in [5, 5.41) is 11.6. The zero-order chi connectivity index (χ0) is 16.9. The second kappa shape index (κ2) is 9.21. The number of guanidine groups is 1. The Morgan fingerprint density at radius 1 is 1.44 bits per heavy atom. The molecule has 2 N–H and O–H groups in total. The van der Waals surface area contributed by atoms with E-state index < -0.39 is 0 Å². The number of imidazole rings is 1. The summed E-state index contributed by atoms with van der Waals surface area (Å²) >= 11 is 0. The van der Waals surface area contributed by atoms with Crippen LogP contribution in [0.4, 0.5) is 0 Å². The molecule has 138 valence electrons. The summed E-state index contributed by atoms with van der Waals surface area (Å²) in [5.74, 6) is 0.854. The molecule has 2 heterocycles. The Morgan fingerprint density at radius 2 is 2.28 bits per heavy atom. The molecule has 1 aliphatic carbocycles. The molecular formula is C17H28IN7. The first-order chi connectivity index (χ1) is 11.7. The number of fused-ring (bicyclic) bond motifs is 1. The van der Waals surface area contributed by atoms with Crippen molar-refractivity contribution in [1.29, 1.82) is 0 Å². The zero-order valence-electron chi connectivity index (χ0n) is 15.1. The number of rotatable bonds is 5. The van der Waals surface area contributed by atoms with Gasteiger partial charge in [-0.25, -0.2) is 4.98 Å². The monoisotopic (exact) mass is 457 g/mol. The minimum absolute atomic E-state index is 0. The molecule has 0 saturated carbocycles. The number of hydrogen-bond acceptors (Lipinski definition) is 3. The van der Waals surface area contributed by atoms with E-state index in [2.05, 4.69) is 45.3 Å². The molecule has 0 spiro atoms. The Labute approximate surface area is 166 Å². The van der Waals surface area contributed by atoms with Crippen LogP contribution in [0.25, 0.3) is 0 Å². The van der Waals surface area contributed by atoms with Crippen molar-refractivity contribution in [3.05, 3.63) is 36.2 Å². The maximum Gasteiger partial charge on any atom is 0.191 e. The molecular weight excluding hydrogens is 429 g/mol. The number of nitrogens with one attached hydrogen (secondary N) is 2. The highest BCUT2D eigenvalue weighted by Gasteiger charge is 2.22. The molecule has 2 aromatic heterocycles.